The molecule has 2 aliphatic rings. The molecule has 2 fully saturated rings. The molecule has 0 radical (unpaired) electrons. The first kappa shape index (κ1) is 15.4. The quantitative estimate of drug-likeness (QED) is 0.681. The van der Waals surface area contributed by atoms with Gasteiger partial charge in [-0.2, -0.15) is 0 Å². The summed E-state index contributed by atoms with van der Waals surface area (Å²) < 4.78 is 0. The first-order chi connectivity index (χ1) is 9.11. The Morgan fingerprint density at radius 1 is 0.947 bits per heavy atom. The van der Waals surface area contributed by atoms with E-state index in [1.807, 2.05) is 0 Å². The zero-order chi connectivity index (χ0) is 13.7. The Hall–Kier alpha value is -0.0400. The van der Waals surface area contributed by atoms with Crippen molar-refractivity contribution in [3.63, 3.8) is 0 Å². The molecule has 0 heterocycles. The second-order valence-corrected chi connectivity index (χ2v) is 7.87. The highest BCUT2D eigenvalue weighted by atomic mass is 15.0. The fraction of sp³-hybridized carbons (Fsp3) is 1.00. The first-order valence-electron chi connectivity index (χ1n) is 8.87. The Morgan fingerprint density at radius 3 is 2.37 bits per heavy atom. The highest BCUT2D eigenvalue weighted by Crippen LogP contribution is 2.35. The Bertz CT molecular complexity index is 252. The van der Waals surface area contributed by atoms with E-state index in [9.17, 15) is 0 Å². The summed E-state index contributed by atoms with van der Waals surface area (Å²) in [5.41, 5.74) is 0.586. The SMILES string of the molecule is CCC(NC1CCCC(C)(C)CC1)C1CCCCC1. The van der Waals surface area contributed by atoms with Gasteiger partial charge in [-0.3, -0.25) is 0 Å². The van der Waals surface area contributed by atoms with Gasteiger partial charge in [0.1, 0.15) is 0 Å². The predicted octanol–water partition coefficient (Wildman–Crippen LogP) is 5.29. The molecule has 0 spiro atoms. The molecule has 1 N–H and O–H groups in total. The third kappa shape index (κ3) is 4.77. The summed E-state index contributed by atoms with van der Waals surface area (Å²) in [6.45, 7) is 7.29. The molecule has 0 saturated heterocycles. The van der Waals surface area contributed by atoms with Gasteiger partial charge in [0.05, 0.1) is 0 Å². The van der Waals surface area contributed by atoms with Gasteiger partial charge in [-0.05, 0) is 56.3 Å². The lowest BCUT2D eigenvalue weighted by Gasteiger charge is -2.33. The lowest BCUT2D eigenvalue weighted by Crippen LogP contribution is -2.43. The molecule has 1 heteroatoms. The van der Waals surface area contributed by atoms with E-state index in [0.29, 0.717) is 5.41 Å². The van der Waals surface area contributed by atoms with Gasteiger partial charge in [-0.25, -0.2) is 0 Å². The minimum Gasteiger partial charge on any atom is -0.311 e. The molecule has 0 aromatic carbocycles. The van der Waals surface area contributed by atoms with Crippen LogP contribution < -0.4 is 5.32 Å². The third-order valence-corrected chi connectivity index (χ3v) is 5.68. The van der Waals surface area contributed by atoms with Crippen LogP contribution in [-0.2, 0) is 0 Å². The van der Waals surface area contributed by atoms with Crippen LogP contribution in [0.15, 0.2) is 0 Å². The van der Waals surface area contributed by atoms with E-state index in [0.717, 1.165) is 18.0 Å². The fourth-order valence-electron chi connectivity index (χ4n) is 4.25. The van der Waals surface area contributed by atoms with Crippen LogP contribution in [0.25, 0.3) is 0 Å². The summed E-state index contributed by atoms with van der Waals surface area (Å²) in [4.78, 5) is 0. The molecule has 1 nitrogen and oxygen atoms in total. The normalized spacial score (nSPS) is 30.8. The summed E-state index contributed by atoms with van der Waals surface area (Å²) in [5, 5.41) is 4.05. The van der Waals surface area contributed by atoms with Crippen LogP contribution in [0.2, 0.25) is 0 Å². The van der Waals surface area contributed by atoms with Crippen molar-refractivity contribution in [2.45, 2.75) is 103 Å². The van der Waals surface area contributed by atoms with Gasteiger partial charge in [0.25, 0.3) is 0 Å². The van der Waals surface area contributed by atoms with Gasteiger partial charge >= 0.3 is 0 Å². The highest BCUT2D eigenvalue weighted by Gasteiger charge is 2.28. The van der Waals surface area contributed by atoms with Gasteiger partial charge < -0.3 is 5.32 Å². The average Bonchev–Trinajstić information content (AvgIpc) is 2.58. The topological polar surface area (TPSA) is 12.0 Å². The van der Waals surface area contributed by atoms with Gasteiger partial charge in [0.15, 0.2) is 0 Å². The molecule has 2 atom stereocenters. The molecular formula is C18H35N. The molecule has 2 rings (SSSR count). The van der Waals surface area contributed by atoms with Crippen LogP contribution in [0.3, 0.4) is 0 Å². The second-order valence-electron chi connectivity index (χ2n) is 7.87. The average molecular weight is 265 g/mol. The van der Waals surface area contributed by atoms with Crippen molar-refractivity contribution in [3.05, 3.63) is 0 Å². The number of hydrogen-bond acceptors (Lipinski definition) is 1. The lowest BCUT2D eigenvalue weighted by atomic mass is 9.82. The van der Waals surface area contributed by atoms with Gasteiger partial charge in [0.2, 0.25) is 0 Å². The van der Waals surface area contributed by atoms with Crippen LogP contribution in [0.4, 0.5) is 0 Å². The highest BCUT2D eigenvalue weighted by molar-refractivity contribution is 4.85. The second kappa shape index (κ2) is 7.11. The van der Waals surface area contributed by atoms with E-state index in [2.05, 4.69) is 26.1 Å². The zero-order valence-corrected chi connectivity index (χ0v) is 13.5. The molecule has 0 amide bonds. The molecule has 0 bridgehead atoms. The van der Waals surface area contributed by atoms with Crippen LogP contribution in [0, 0.1) is 11.3 Å². The molecular weight excluding hydrogens is 230 g/mol. The van der Waals surface area contributed by atoms with E-state index in [4.69, 9.17) is 0 Å². The van der Waals surface area contributed by atoms with Crippen molar-refractivity contribution < 1.29 is 0 Å². The Kier molecular flexibility index (Phi) is 5.74. The Morgan fingerprint density at radius 2 is 1.68 bits per heavy atom. The monoisotopic (exact) mass is 265 g/mol. The summed E-state index contributed by atoms with van der Waals surface area (Å²) >= 11 is 0. The van der Waals surface area contributed by atoms with Gasteiger partial charge in [0, 0.05) is 12.1 Å². The van der Waals surface area contributed by atoms with Crippen LogP contribution in [-0.4, -0.2) is 12.1 Å². The summed E-state index contributed by atoms with van der Waals surface area (Å²) in [5.74, 6) is 0.968. The van der Waals surface area contributed by atoms with Crippen molar-refractivity contribution in [2.75, 3.05) is 0 Å². The van der Waals surface area contributed by atoms with Crippen molar-refractivity contribution in [2.24, 2.45) is 11.3 Å². The smallest absolute Gasteiger partial charge is 0.00952 e. The van der Waals surface area contributed by atoms with Gasteiger partial charge in [-0.15, -0.1) is 0 Å². The summed E-state index contributed by atoms with van der Waals surface area (Å²) in [7, 11) is 0. The van der Waals surface area contributed by atoms with Crippen molar-refractivity contribution >= 4 is 0 Å². The molecule has 0 aliphatic heterocycles. The van der Waals surface area contributed by atoms with E-state index in [1.165, 1.54) is 70.6 Å². The Balaban J connectivity index is 1.83. The Labute approximate surface area is 120 Å². The standard InChI is InChI=1S/C18H35N/c1-4-17(15-9-6-5-7-10-15)19-16-11-8-13-18(2,3)14-12-16/h15-17,19H,4-14H2,1-3H3. The van der Waals surface area contributed by atoms with Crippen LogP contribution in [0.5, 0.6) is 0 Å². The number of rotatable bonds is 4. The molecule has 0 aromatic heterocycles. The molecule has 2 saturated carbocycles. The minimum atomic E-state index is 0.586. The van der Waals surface area contributed by atoms with E-state index in [-0.39, 0.29) is 0 Å². The van der Waals surface area contributed by atoms with Crippen molar-refractivity contribution in [1.29, 1.82) is 0 Å². The maximum absolute atomic E-state index is 4.05. The van der Waals surface area contributed by atoms with Crippen LogP contribution in [0.1, 0.15) is 91.4 Å². The predicted molar refractivity (Wildman–Crippen MR) is 84.4 cm³/mol. The molecule has 2 aliphatic carbocycles. The first-order valence-corrected chi connectivity index (χ1v) is 8.87. The molecule has 112 valence electrons. The lowest BCUT2D eigenvalue weighted by molar-refractivity contribution is 0.235. The van der Waals surface area contributed by atoms with Crippen molar-refractivity contribution in [3.8, 4) is 0 Å². The van der Waals surface area contributed by atoms with E-state index >= 15 is 0 Å². The zero-order valence-electron chi connectivity index (χ0n) is 13.5. The number of nitrogens with one attached hydrogen (secondary N) is 1. The number of hydrogen-bond donors (Lipinski definition) is 1. The fourth-order valence-corrected chi connectivity index (χ4v) is 4.25. The largest absolute Gasteiger partial charge is 0.311 e. The maximum Gasteiger partial charge on any atom is 0.00952 e. The summed E-state index contributed by atoms with van der Waals surface area (Å²) in [6.07, 6.45) is 15.8. The summed E-state index contributed by atoms with van der Waals surface area (Å²) in [6, 6.07) is 1.60. The minimum absolute atomic E-state index is 0.586. The molecule has 0 aromatic rings. The van der Waals surface area contributed by atoms with Crippen LogP contribution >= 0.6 is 0 Å². The third-order valence-electron chi connectivity index (χ3n) is 5.68. The van der Waals surface area contributed by atoms with E-state index in [1.54, 1.807) is 0 Å². The maximum atomic E-state index is 4.05. The molecule has 2 unspecified atom stereocenters. The van der Waals surface area contributed by atoms with E-state index < -0.39 is 0 Å². The molecule has 19 heavy (non-hydrogen) atoms. The van der Waals surface area contributed by atoms with Crippen molar-refractivity contribution in [1.82, 2.24) is 5.32 Å². The van der Waals surface area contributed by atoms with Gasteiger partial charge in [-0.1, -0.05) is 46.5 Å².